The van der Waals surface area contributed by atoms with E-state index in [-0.39, 0.29) is 5.97 Å². The Labute approximate surface area is 139 Å². The third kappa shape index (κ3) is 9.82. The molecule has 124 valence electrons. The zero-order valence-electron chi connectivity index (χ0n) is 13.8. The Bertz CT molecular complexity index is 384. The Kier molecular flexibility index (Phi) is 11.8. The van der Waals surface area contributed by atoms with Crippen molar-refractivity contribution in [1.29, 1.82) is 0 Å². The minimum absolute atomic E-state index is 0.243. The summed E-state index contributed by atoms with van der Waals surface area (Å²) in [7, 11) is 0. The standard InChI is InChI=1S/C18H29NO2S/c1-22-16-10-8-6-4-2-3-5-7-9-15-21-18(20)17-11-13-19-14-12-17/h11-14H,2-10,15-16H2,1H3. The molecule has 0 saturated heterocycles. The Balaban J connectivity index is 1.85. The van der Waals surface area contributed by atoms with Gasteiger partial charge in [-0.15, -0.1) is 0 Å². The summed E-state index contributed by atoms with van der Waals surface area (Å²) in [4.78, 5) is 15.6. The van der Waals surface area contributed by atoms with Gasteiger partial charge in [0, 0.05) is 12.4 Å². The van der Waals surface area contributed by atoms with E-state index >= 15 is 0 Å². The lowest BCUT2D eigenvalue weighted by atomic mass is 10.1. The first-order chi connectivity index (χ1) is 10.8. The highest BCUT2D eigenvalue weighted by Gasteiger charge is 2.05. The third-order valence-electron chi connectivity index (χ3n) is 3.64. The van der Waals surface area contributed by atoms with Crippen LogP contribution in [0.15, 0.2) is 24.5 Å². The number of unbranched alkanes of at least 4 members (excludes halogenated alkanes) is 8. The maximum absolute atomic E-state index is 11.7. The van der Waals surface area contributed by atoms with Gasteiger partial charge in [-0.05, 0) is 37.0 Å². The monoisotopic (exact) mass is 323 g/mol. The van der Waals surface area contributed by atoms with Gasteiger partial charge in [0.05, 0.1) is 12.2 Å². The minimum atomic E-state index is -0.243. The van der Waals surface area contributed by atoms with Gasteiger partial charge in [0.25, 0.3) is 0 Å². The first-order valence-electron chi connectivity index (χ1n) is 8.40. The fourth-order valence-corrected chi connectivity index (χ4v) is 2.81. The minimum Gasteiger partial charge on any atom is -0.462 e. The second kappa shape index (κ2) is 13.6. The molecule has 0 atom stereocenters. The molecule has 0 saturated carbocycles. The lowest BCUT2D eigenvalue weighted by Crippen LogP contribution is -2.06. The SMILES string of the molecule is CSCCCCCCCCCCCOC(=O)c1ccncc1. The molecule has 1 aromatic rings. The highest BCUT2D eigenvalue weighted by atomic mass is 32.2. The van der Waals surface area contributed by atoms with Crippen LogP contribution in [0.25, 0.3) is 0 Å². The average Bonchev–Trinajstić information content (AvgIpc) is 2.56. The maximum atomic E-state index is 11.7. The Morgan fingerprint density at radius 3 is 2.09 bits per heavy atom. The van der Waals surface area contributed by atoms with Crippen LogP contribution in [0.5, 0.6) is 0 Å². The first kappa shape index (κ1) is 19.0. The zero-order chi connectivity index (χ0) is 15.9. The van der Waals surface area contributed by atoms with Crippen molar-refractivity contribution in [3.63, 3.8) is 0 Å². The quantitative estimate of drug-likeness (QED) is 0.373. The second-order valence-corrected chi connectivity index (χ2v) is 6.53. The number of hydrogen-bond donors (Lipinski definition) is 0. The summed E-state index contributed by atoms with van der Waals surface area (Å²) in [6, 6.07) is 3.36. The molecule has 1 rings (SSSR count). The molecule has 0 fully saturated rings. The summed E-state index contributed by atoms with van der Waals surface area (Å²) in [6.07, 6.45) is 16.9. The average molecular weight is 324 g/mol. The Morgan fingerprint density at radius 2 is 1.50 bits per heavy atom. The van der Waals surface area contributed by atoms with Crippen molar-refractivity contribution in [3.8, 4) is 0 Å². The van der Waals surface area contributed by atoms with Crippen molar-refractivity contribution >= 4 is 17.7 Å². The molecule has 0 aliphatic carbocycles. The van der Waals surface area contributed by atoms with Gasteiger partial charge in [-0.25, -0.2) is 4.79 Å². The van der Waals surface area contributed by atoms with Crippen molar-refractivity contribution in [2.75, 3.05) is 18.6 Å². The fourth-order valence-electron chi connectivity index (χ4n) is 2.32. The zero-order valence-corrected chi connectivity index (χ0v) is 14.6. The van der Waals surface area contributed by atoms with E-state index in [0.29, 0.717) is 12.2 Å². The molecule has 3 nitrogen and oxygen atoms in total. The number of carbonyl (C=O) groups is 1. The summed E-state index contributed by atoms with van der Waals surface area (Å²) in [6.45, 7) is 0.524. The molecule has 0 unspecified atom stereocenters. The van der Waals surface area contributed by atoms with E-state index in [1.54, 1.807) is 24.5 Å². The molecule has 0 bridgehead atoms. The van der Waals surface area contributed by atoms with Crippen LogP contribution in [0.3, 0.4) is 0 Å². The van der Waals surface area contributed by atoms with Crippen molar-refractivity contribution in [1.82, 2.24) is 4.98 Å². The molecular formula is C18H29NO2S. The maximum Gasteiger partial charge on any atom is 0.338 e. The van der Waals surface area contributed by atoms with Gasteiger partial charge >= 0.3 is 5.97 Å². The summed E-state index contributed by atoms with van der Waals surface area (Å²) in [5.41, 5.74) is 0.580. The van der Waals surface area contributed by atoms with Gasteiger partial charge in [0.15, 0.2) is 0 Å². The van der Waals surface area contributed by atoms with Crippen molar-refractivity contribution in [3.05, 3.63) is 30.1 Å². The van der Waals surface area contributed by atoms with Gasteiger partial charge in [0.1, 0.15) is 0 Å². The van der Waals surface area contributed by atoms with Crippen molar-refractivity contribution in [2.24, 2.45) is 0 Å². The molecule has 22 heavy (non-hydrogen) atoms. The number of aromatic nitrogens is 1. The number of thioether (sulfide) groups is 1. The van der Waals surface area contributed by atoms with E-state index in [9.17, 15) is 4.79 Å². The van der Waals surface area contributed by atoms with E-state index < -0.39 is 0 Å². The summed E-state index contributed by atoms with van der Waals surface area (Å²) in [5, 5.41) is 0. The van der Waals surface area contributed by atoms with Gasteiger partial charge in [-0.1, -0.05) is 44.9 Å². The number of rotatable bonds is 13. The van der Waals surface area contributed by atoms with E-state index in [0.717, 1.165) is 12.8 Å². The van der Waals surface area contributed by atoms with Gasteiger partial charge in [0.2, 0.25) is 0 Å². The molecule has 4 heteroatoms. The lowest BCUT2D eigenvalue weighted by Gasteiger charge is -2.05. The van der Waals surface area contributed by atoms with Crippen molar-refractivity contribution < 1.29 is 9.53 Å². The van der Waals surface area contributed by atoms with Crippen molar-refractivity contribution in [2.45, 2.75) is 57.8 Å². The number of carbonyl (C=O) groups excluding carboxylic acids is 1. The predicted molar refractivity (Wildman–Crippen MR) is 94.5 cm³/mol. The smallest absolute Gasteiger partial charge is 0.338 e. The molecule has 0 spiro atoms. The number of hydrogen-bond acceptors (Lipinski definition) is 4. The highest BCUT2D eigenvalue weighted by molar-refractivity contribution is 7.98. The van der Waals surface area contributed by atoms with E-state index in [4.69, 9.17) is 4.74 Å². The third-order valence-corrected chi connectivity index (χ3v) is 4.34. The normalized spacial score (nSPS) is 10.6. The Morgan fingerprint density at radius 1 is 0.955 bits per heavy atom. The van der Waals surface area contributed by atoms with Crippen LogP contribution < -0.4 is 0 Å². The van der Waals surface area contributed by atoms with Crippen LogP contribution in [0.2, 0.25) is 0 Å². The first-order valence-corrected chi connectivity index (χ1v) is 9.80. The Hall–Kier alpha value is -1.03. The number of nitrogens with zero attached hydrogens (tertiary/aromatic N) is 1. The summed E-state index contributed by atoms with van der Waals surface area (Å²) in [5.74, 6) is 1.06. The number of esters is 1. The predicted octanol–water partition coefficient (Wildman–Crippen LogP) is 5.11. The molecule has 0 aromatic carbocycles. The number of ether oxygens (including phenoxy) is 1. The van der Waals surface area contributed by atoms with E-state index in [1.807, 2.05) is 11.8 Å². The molecule has 0 aliphatic heterocycles. The van der Waals surface area contributed by atoms with Crippen LogP contribution in [-0.4, -0.2) is 29.6 Å². The molecule has 1 heterocycles. The fraction of sp³-hybridized carbons (Fsp3) is 0.667. The highest BCUT2D eigenvalue weighted by Crippen LogP contribution is 2.11. The molecule has 0 aliphatic rings. The van der Waals surface area contributed by atoms with E-state index in [2.05, 4.69) is 11.2 Å². The van der Waals surface area contributed by atoms with Gasteiger partial charge in [-0.3, -0.25) is 4.98 Å². The number of pyridine rings is 1. The van der Waals surface area contributed by atoms with Crippen LogP contribution in [0.1, 0.15) is 68.1 Å². The van der Waals surface area contributed by atoms with Crippen LogP contribution in [0.4, 0.5) is 0 Å². The molecule has 1 aromatic heterocycles. The topological polar surface area (TPSA) is 39.2 Å². The summed E-state index contributed by atoms with van der Waals surface area (Å²) >= 11 is 1.94. The molecule has 0 radical (unpaired) electrons. The summed E-state index contributed by atoms with van der Waals surface area (Å²) < 4.78 is 5.24. The van der Waals surface area contributed by atoms with Crippen LogP contribution >= 0.6 is 11.8 Å². The molecular weight excluding hydrogens is 294 g/mol. The van der Waals surface area contributed by atoms with Gasteiger partial charge < -0.3 is 4.74 Å². The van der Waals surface area contributed by atoms with Gasteiger partial charge in [-0.2, -0.15) is 11.8 Å². The van der Waals surface area contributed by atoms with E-state index in [1.165, 1.54) is 50.7 Å². The second-order valence-electron chi connectivity index (χ2n) is 5.55. The lowest BCUT2D eigenvalue weighted by molar-refractivity contribution is 0.0497. The largest absolute Gasteiger partial charge is 0.462 e. The van der Waals surface area contributed by atoms with Crippen LogP contribution in [-0.2, 0) is 4.74 Å². The molecule has 0 N–H and O–H groups in total. The molecule has 0 amide bonds. The van der Waals surface area contributed by atoms with Crippen LogP contribution in [0, 0.1) is 0 Å².